The molecule has 0 aliphatic carbocycles. The van der Waals surface area contributed by atoms with Crippen LogP contribution in [-0.2, 0) is 11.2 Å². The van der Waals surface area contributed by atoms with Crippen LogP contribution in [0, 0.1) is 0 Å². The van der Waals surface area contributed by atoms with Gasteiger partial charge in [0.05, 0.1) is 11.6 Å². The highest BCUT2D eigenvalue weighted by atomic mass is 35.5. The standard InChI is InChI=1S/C12H17Cl2NO2/c1-2-16-5-6-17-12-9(3-4-15)7-10(13)8-11(12)14/h7-8H,2-6,15H2,1H3. The Kier molecular flexibility index (Phi) is 6.66. The predicted molar refractivity (Wildman–Crippen MR) is 71.2 cm³/mol. The normalized spacial score (nSPS) is 10.6. The molecule has 0 aromatic heterocycles. The second kappa shape index (κ2) is 7.77. The summed E-state index contributed by atoms with van der Waals surface area (Å²) in [5.41, 5.74) is 6.47. The molecule has 17 heavy (non-hydrogen) atoms. The van der Waals surface area contributed by atoms with E-state index in [4.69, 9.17) is 38.4 Å². The van der Waals surface area contributed by atoms with Crippen LogP contribution in [0.5, 0.6) is 5.75 Å². The van der Waals surface area contributed by atoms with Gasteiger partial charge in [0, 0.05) is 11.6 Å². The molecule has 2 N–H and O–H groups in total. The van der Waals surface area contributed by atoms with Crippen molar-refractivity contribution in [1.82, 2.24) is 0 Å². The molecule has 0 heterocycles. The molecule has 0 fully saturated rings. The van der Waals surface area contributed by atoms with Crippen molar-refractivity contribution in [1.29, 1.82) is 0 Å². The van der Waals surface area contributed by atoms with Crippen LogP contribution in [0.15, 0.2) is 12.1 Å². The van der Waals surface area contributed by atoms with E-state index in [1.54, 1.807) is 6.07 Å². The highest BCUT2D eigenvalue weighted by molar-refractivity contribution is 6.35. The zero-order valence-electron chi connectivity index (χ0n) is 9.84. The van der Waals surface area contributed by atoms with Crippen LogP contribution in [0.2, 0.25) is 10.0 Å². The fourth-order valence-electron chi connectivity index (χ4n) is 1.46. The van der Waals surface area contributed by atoms with Crippen LogP contribution in [-0.4, -0.2) is 26.4 Å². The molecule has 5 heteroatoms. The number of hydrogen-bond donors (Lipinski definition) is 1. The van der Waals surface area contributed by atoms with Gasteiger partial charge >= 0.3 is 0 Å². The molecule has 1 aromatic carbocycles. The third-order valence-corrected chi connectivity index (χ3v) is 2.68. The molecule has 0 atom stereocenters. The SMILES string of the molecule is CCOCCOc1c(Cl)cc(Cl)cc1CCN. The highest BCUT2D eigenvalue weighted by Crippen LogP contribution is 2.32. The first-order valence-electron chi connectivity index (χ1n) is 5.57. The summed E-state index contributed by atoms with van der Waals surface area (Å²) < 4.78 is 10.8. The number of hydrogen-bond acceptors (Lipinski definition) is 3. The van der Waals surface area contributed by atoms with Crippen LogP contribution in [0.1, 0.15) is 12.5 Å². The molecule has 1 rings (SSSR count). The van der Waals surface area contributed by atoms with Crippen molar-refractivity contribution in [3.05, 3.63) is 27.7 Å². The Labute approximate surface area is 112 Å². The van der Waals surface area contributed by atoms with Crippen molar-refractivity contribution < 1.29 is 9.47 Å². The summed E-state index contributed by atoms with van der Waals surface area (Å²) in [6.07, 6.45) is 0.685. The minimum absolute atomic E-state index is 0.465. The fraction of sp³-hybridized carbons (Fsp3) is 0.500. The van der Waals surface area contributed by atoms with Gasteiger partial charge in [0.25, 0.3) is 0 Å². The molecular weight excluding hydrogens is 261 g/mol. The van der Waals surface area contributed by atoms with Crippen LogP contribution in [0.25, 0.3) is 0 Å². The van der Waals surface area contributed by atoms with Crippen LogP contribution in [0.4, 0.5) is 0 Å². The lowest BCUT2D eigenvalue weighted by Gasteiger charge is -2.13. The van der Waals surface area contributed by atoms with Gasteiger partial charge in [0.2, 0.25) is 0 Å². The van der Waals surface area contributed by atoms with Crippen molar-refractivity contribution in [2.45, 2.75) is 13.3 Å². The maximum atomic E-state index is 6.09. The van der Waals surface area contributed by atoms with E-state index in [-0.39, 0.29) is 0 Å². The Morgan fingerprint density at radius 1 is 1.24 bits per heavy atom. The number of rotatable bonds is 7. The molecular formula is C12H17Cl2NO2. The Morgan fingerprint density at radius 3 is 2.65 bits per heavy atom. The molecule has 0 amide bonds. The molecule has 0 aliphatic heterocycles. The molecule has 0 unspecified atom stereocenters. The summed E-state index contributed by atoms with van der Waals surface area (Å²) in [5, 5.41) is 1.10. The summed E-state index contributed by atoms with van der Waals surface area (Å²) >= 11 is 12.0. The fourth-order valence-corrected chi connectivity index (χ4v) is 2.05. The number of benzene rings is 1. The second-order valence-corrected chi connectivity index (χ2v) is 4.30. The lowest BCUT2D eigenvalue weighted by atomic mass is 10.1. The first-order valence-corrected chi connectivity index (χ1v) is 6.33. The van der Waals surface area contributed by atoms with Gasteiger partial charge < -0.3 is 15.2 Å². The lowest BCUT2D eigenvalue weighted by molar-refractivity contribution is 0.110. The summed E-state index contributed by atoms with van der Waals surface area (Å²) in [5.74, 6) is 0.654. The summed E-state index contributed by atoms with van der Waals surface area (Å²) in [6.45, 7) is 4.14. The van der Waals surface area contributed by atoms with E-state index >= 15 is 0 Å². The minimum atomic E-state index is 0.465. The Hall–Kier alpha value is -0.480. The Balaban J connectivity index is 2.73. The maximum absolute atomic E-state index is 6.09. The van der Waals surface area contributed by atoms with Crippen molar-refractivity contribution >= 4 is 23.2 Å². The van der Waals surface area contributed by atoms with Gasteiger partial charge in [-0.2, -0.15) is 0 Å². The van der Waals surface area contributed by atoms with Crippen molar-refractivity contribution in [2.24, 2.45) is 5.73 Å². The molecule has 0 bridgehead atoms. The molecule has 96 valence electrons. The van der Waals surface area contributed by atoms with E-state index in [1.165, 1.54) is 0 Å². The predicted octanol–water partition coefficient (Wildman–Crippen LogP) is 2.91. The molecule has 0 radical (unpaired) electrons. The summed E-state index contributed by atoms with van der Waals surface area (Å²) in [4.78, 5) is 0. The average Bonchev–Trinajstić information content (AvgIpc) is 2.27. The zero-order chi connectivity index (χ0) is 12.7. The van der Waals surface area contributed by atoms with Gasteiger partial charge in [0.15, 0.2) is 0 Å². The van der Waals surface area contributed by atoms with Crippen LogP contribution < -0.4 is 10.5 Å². The maximum Gasteiger partial charge on any atom is 0.141 e. The molecule has 0 spiro atoms. The molecule has 0 saturated heterocycles. The molecule has 3 nitrogen and oxygen atoms in total. The molecule has 0 saturated carbocycles. The topological polar surface area (TPSA) is 44.5 Å². The zero-order valence-corrected chi connectivity index (χ0v) is 11.4. The van der Waals surface area contributed by atoms with Gasteiger partial charge in [0.1, 0.15) is 12.4 Å². The van der Waals surface area contributed by atoms with Gasteiger partial charge in [-0.3, -0.25) is 0 Å². The minimum Gasteiger partial charge on any atom is -0.489 e. The largest absolute Gasteiger partial charge is 0.489 e. The van der Waals surface area contributed by atoms with E-state index in [0.717, 1.165) is 5.56 Å². The first kappa shape index (κ1) is 14.6. The van der Waals surface area contributed by atoms with Gasteiger partial charge in [-0.05, 0) is 37.6 Å². The Bertz CT molecular complexity index is 359. The van der Waals surface area contributed by atoms with E-state index in [2.05, 4.69) is 0 Å². The lowest BCUT2D eigenvalue weighted by Crippen LogP contribution is -2.10. The van der Waals surface area contributed by atoms with E-state index in [9.17, 15) is 0 Å². The first-order chi connectivity index (χ1) is 8.19. The van der Waals surface area contributed by atoms with Crippen LogP contribution >= 0.6 is 23.2 Å². The quantitative estimate of drug-likeness (QED) is 0.780. The number of halogens is 2. The number of ether oxygens (including phenoxy) is 2. The highest BCUT2D eigenvalue weighted by Gasteiger charge is 2.10. The second-order valence-electron chi connectivity index (χ2n) is 3.46. The molecule has 0 aliphatic rings. The van der Waals surface area contributed by atoms with Gasteiger partial charge in [-0.1, -0.05) is 23.2 Å². The monoisotopic (exact) mass is 277 g/mol. The van der Waals surface area contributed by atoms with E-state index in [1.807, 2.05) is 13.0 Å². The van der Waals surface area contributed by atoms with Crippen molar-refractivity contribution in [3.63, 3.8) is 0 Å². The Morgan fingerprint density at radius 2 is 2.00 bits per heavy atom. The molecule has 1 aromatic rings. The third kappa shape index (κ3) is 4.72. The van der Waals surface area contributed by atoms with Crippen LogP contribution in [0.3, 0.4) is 0 Å². The third-order valence-electron chi connectivity index (χ3n) is 2.18. The number of nitrogens with two attached hydrogens (primary N) is 1. The van der Waals surface area contributed by atoms with E-state index < -0.39 is 0 Å². The van der Waals surface area contributed by atoms with Crippen molar-refractivity contribution in [3.8, 4) is 5.75 Å². The summed E-state index contributed by atoms with van der Waals surface area (Å²) in [7, 11) is 0. The van der Waals surface area contributed by atoms with E-state index in [0.29, 0.717) is 48.6 Å². The average molecular weight is 278 g/mol. The van der Waals surface area contributed by atoms with Gasteiger partial charge in [-0.25, -0.2) is 0 Å². The van der Waals surface area contributed by atoms with Gasteiger partial charge in [-0.15, -0.1) is 0 Å². The smallest absolute Gasteiger partial charge is 0.141 e. The van der Waals surface area contributed by atoms with Crippen molar-refractivity contribution in [2.75, 3.05) is 26.4 Å². The summed E-state index contributed by atoms with van der Waals surface area (Å²) in [6, 6.07) is 3.50.